The maximum absolute atomic E-state index is 12.4. The van der Waals surface area contributed by atoms with E-state index in [0.29, 0.717) is 18.2 Å². The molecule has 2 atom stereocenters. The third kappa shape index (κ3) is 6.27. The number of rotatable bonds is 9. The minimum atomic E-state index is -0.110. The zero-order chi connectivity index (χ0) is 28.9. The van der Waals surface area contributed by atoms with E-state index >= 15 is 0 Å². The number of fused-ring (bicyclic) bond motifs is 1. The molecule has 10 heteroatoms. The number of likely N-dealkylation sites (tertiary alicyclic amines) is 1. The summed E-state index contributed by atoms with van der Waals surface area (Å²) in [5, 5.41) is 7.06. The van der Waals surface area contributed by atoms with Crippen LogP contribution in [0.25, 0.3) is 22.2 Å². The topological polar surface area (TPSA) is 112 Å². The molecule has 0 radical (unpaired) electrons. The Morgan fingerprint density at radius 1 is 1.07 bits per heavy atom. The second-order valence-corrected chi connectivity index (χ2v) is 11.0. The van der Waals surface area contributed by atoms with Crippen molar-refractivity contribution in [2.45, 2.75) is 38.6 Å². The summed E-state index contributed by atoms with van der Waals surface area (Å²) in [6, 6.07) is 10.2. The van der Waals surface area contributed by atoms with Crippen LogP contribution in [0.5, 0.6) is 0 Å². The van der Waals surface area contributed by atoms with Crippen molar-refractivity contribution in [1.82, 2.24) is 35.1 Å². The molecule has 5 rings (SSSR count). The molecule has 0 aliphatic carbocycles. The molecular weight excluding hydrogens is 514 g/mol. The Labute approximate surface area is 241 Å². The van der Waals surface area contributed by atoms with Gasteiger partial charge in [0.25, 0.3) is 5.91 Å². The molecule has 214 valence electrons. The molecule has 1 unspecified atom stereocenters. The van der Waals surface area contributed by atoms with Crippen molar-refractivity contribution in [1.29, 1.82) is 0 Å². The predicted octanol–water partition coefficient (Wildman–Crippen LogP) is 4.22. The molecule has 0 saturated carbocycles. The standard InChI is InChI=1S/C31H39N9O/c1-20(21(2)24-7-6-8-25-26(30(41)32-3)9-12-33-29(24)25)16-34-28-15-27(37-19-38-28)22-17-35-31(36-18-22)40(5)23-10-13-39(4)14-11-23/h6-9,12,15,17-21,23H,10-11,13-14,16H2,1-5H3,(H,32,41)(H,34,37,38)/t20-,21?/m1/s1. The number of anilines is 2. The van der Waals surface area contributed by atoms with Crippen molar-refractivity contribution in [2.75, 3.05) is 51.0 Å². The van der Waals surface area contributed by atoms with Gasteiger partial charge in [-0.2, -0.15) is 0 Å². The van der Waals surface area contributed by atoms with E-state index in [1.807, 2.05) is 30.6 Å². The number of hydrogen-bond donors (Lipinski definition) is 2. The number of piperidine rings is 1. The fourth-order valence-corrected chi connectivity index (χ4v) is 5.44. The van der Waals surface area contributed by atoms with Crippen LogP contribution < -0.4 is 15.5 Å². The van der Waals surface area contributed by atoms with Gasteiger partial charge in [-0.3, -0.25) is 9.78 Å². The Morgan fingerprint density at radius 3 is 2.56 bits per heavy atom. The summed E-state index contributed by atoms with van der Waals surface area (Å²) in [7, 11) is 5.89. The lowest BCUT2D eigenvalue weighted by atomic mass is 9.87. The molecule has 1 aliphatic heterocycles. The molecule has 4 aromatic rings. The summed E-state index contributed by atoms with van der Waals surface area (Å²) >= 11 is 0. The van der Waals surface area contributed by atoms with Crippen molar-refractivity contribution in [3.63, 3.8) is 0 Å². The maximum atomic E-state index is 12.4. The minimum absolute atomic E-state index is 0.110. The van der Waals surface area contributed by atoms with Crippen LogP contribution in [-0.4, -0.2) is 82.5 Å². The third-order valence-corrected chi connectivity index (χ3v) is 8.38. The van der Waals surface area contributed by atoms with E-state index < -0.39 is 0 Å². The molecule has 0 bridgehead atoms. The van der Waals surface area contributed by atoms with Gasteiger partial charge >= 0.3 is 0 Å². The summed E-state index contributed by atoms with van der Waals surface area (Å²) in [6.45, 7) is 7.30. The summed E-state index contributed by atoms with van der Waals surface area (Å²) in [5.41, 5.74) is 4.25. The van der Waals surface area contributed by atoms with Crippen LogP contribution in [-0.2, 0) is 0 Å². The van der Waals surface area contributed by atoms with Crippen LogP contribution >= 0.6 is 0 Å². The molecule has 2 N–H and O–H groups in total. The van der Waals surface area contributed by atoms with Crippen molar-refractivity contribution in [3.8, 4) is 11.3 Å². The lowest BCUT2D eigenvalue weighted by Crippen LogP contribution is -2.42. The van der Waals surface area contributed by atoms with Crippen LogP contribution in [0.4, 0.5) is 11.8 Å². The van der Waals surface area contributed by atoms with Gasteiger partial charge in [0.1, 0.15) is 12.1 Å². The summed E-state index contributed by atoms with van der Waals surface area (Å²) in [5.74, 6) is 1.84. The maximum Gasteiger partial charge on any atom is 0.251 e. The number of carbonyl (C=O) groups excluding carboxylic acids is 1. The minimum Gasteiger partial charge on any atom is -0.370 e. The van der Waals surface area contributed by atoms with Gasteiger partial charge in [0.05, 0.1) is 16.8 Å². The third-order valence-electron chi connectivity index (χ3n) is 8.38. The van der Waals surface area contributed by atoms with Gasteiger partial charge in [-0.1, -0.05) is 32.0 Å². The van der Waals surface area contributed by atoms with Crippen LogP contribution in [0, 0.1) is 5.92 Å². The highest BCUT2D eigenvalue weighted by Crippen LogP contribution is 2.31. The molecular formula is C31H39N9O. The Morgan fingerprint density at radius 2 is 1.83 bits per heavy atom. The Hall–Kier alpha value is -4.18. The number of amides is 1. The van der Waals surface area contributed by atoms with Crippen LogP contribution in [0.2, 0.25) is 0 Å². The van der Waals surface area contributed by atoms with Crippen LogP contribution in [0.1, 0.15) is 48.5 Å². The number of nitrogens with zero attached hydrogens (tertiary/aromatic N) is 7. The number of benzene rings is 1. The SMILES string of the molecule is CNC(=O)c1ccnc2c(C(C)[C@H](C)CNc3cc(-c4cnc(N(C)C5CCN(C)CC5)nc4)ncn3)cccc12. The normalized spacial score (nSPS) is 15.8. The summed E-state index contributed by atoms with van der Waals surface area (Å²) in [4.78, 5) is 39.8. The molecule has 0 spiro atoms. The lowest BCUT2D eigenvalue weighted by molar-refractivity contribution is 0.0964. The highest BCUT2D eigenvalue weighted by molar-refractivity contribution is 6.06. The van der Waals surface area contributed by atoms with Crippen LogP contribution in [0.15, 0.2) is 55.2 Å². The average molecular weight is 554 g/mol. The largest absolute Gasteiger partial charge is 0.370 e. The van der Waals surface area contributed by atoms with E-state index in [0.717, 1.165) is 65.4 Å². The quantitative estimate of drug-likeness (QED) is 0.315. The zero-order valence-electron chi connectivity index (χ0n) is 24.5. The van der Waals surface area contributed by atoms with Gasteiger partial charge in [0, 0.05) is 62.3 Å². The van der Waals surface area contributed by atoms with E-state index in [9.17, 15) is 4.79 Å². The fraction of sp³-hybridized carbons (Fsp3) is 0.419. The smallest absolute Gasteiger partial charge is 0.251 e. The zero-order valence-corrected chi connectivity index (χ0v) is 24.5. The van der Waals surface area contributed by atoms with E-state index in [1.54, 1.807) is 25.6 Å². The van der Waals surface area contributed by atoms with Crippen molar-refractivity contribution >= 4 is 28.6 Å². The molecule has 4 heterocycles. The highest BCUT2D eigenvalue weighted by atomic mass is 16.1. The molecule has 1 aliphatic rings. The summed E-state index contributed by atoms with van der Waals surface area (Å²) in [6.07, 6.45) is 9.18. The van der Waals surface area contributed by atoms with Gasteiger partial charge < -0.3 is 20.4 Å². The Balaban J connectivity index is 1.25. The molecule has 1 saturated heterocycles. The van der Waals surface area contributed by atoms with E-state index in [2.05, 4.69) is 79.4 Å². The molecule has 1 aromatic carbocycles. The van der Waals surface area contributed by atoms with Crippen molar-refractivity contribution in [2.24, 2.45) is 5.92 Å². The first kappa shape index (κ1) is 28.4. The van der Waals surface area contributed by atoms with Gasteiger partial charge in [-0.15, -0.1) is 0 Å². The second-order valence-electron chi connectivity index (χ2n) is 11.0. The van der Waals surface area contributed by atoms with Gasteiger partial charge in [-0.25, -0.2) is 19.9 Å². The Kier molecular flexibility index (Phi) is 8.68. The molecule has 41 heavy (non-hydrogen) atoms. The van der Waals surface area contributed by atoms with Crippen molar-refractivity contribution < 1.29 is 4.79 Å². The number of para-hydroxylation sites is 1. The molecule has 1 amide bonds. The Bertz CT molecular complexity index is 1480. The second kappa shape index (κ2) is 12.6. The van der Waals surface area contributed by atoms with Gasteiger partial charge in [0.15, 0.2) is 0 Å². The van der Waals surface area contributed by atoms with Crippen LogP contribution in [0.3, 0.4) is 0 Å². The molecule has 3 aromatic heterocycles. The van der Waals surface area contributed by atoms with Gasteiger partial charge in [0.2, 0.25) is 5.95 Å². The number of aromatic nitrogens is 5. The molecule has 10 nitrogen and oxygen atoms in total. The average Bonchev–Trinajstić information content (AvgIpc) is 3.02. The van der Waals surface area contributed by atoms with E-state index in [-0.39, 0.29) is 17.7 Å². The highest BCUT2D eigenvalue weighted by Gasteiger charge is 2.23. The first-order valence-electron chi connectivity index (χ1n) is 14.2. The number of carbonyl (C=O) groups is 1. The lowest BCUT2D eigenvalue weighted by Gasteiger charge is -2.35. The fourth-order valence-electron chi connectivity index (χ4n) is 5.44. The number of pyridine rings is 1. The number of nitrogens with one attached hydrogen (secondary N) is 2. The monoisotopic (exact) mass is 553 g/mol. The molecule has 1 fully saturated rings. The van der Waals surface area contributed by atoms with Gasteiger partial charge in [-0.05, 0) is 56.4 Å². The van der Waals surface area contributed by atoms with Crippen molar-refractivity contribution in [3.05, 3.63) is 66.4 Å². The first-order valence-corrected chi connectivity index (χ1v) is 14.2. The number of hydrogen-bond acceptors (Lipinski definition) is 9. The first-order chi connectivity index (χ1) is 19.9. The predicted molar refractivity (Wildman–Crippen MR) is 163 cm³/mol. The summed E-state index contributed by atoms with van der Waals surface area (Å²) < 4.78 is 0. The van der Waals surface area contributed by atoms with E-state index in [1.165, 1.54) is 0 Å². The van der Waals surface area contributed by atoms with E-state index in [4.69, 9.17) is 0 Å².